The summed E-state index contributed by atoms with van der Waals surface area (Å²) in [5.41, 5.74) is 2.84. The molecule has 0 spiro atoms. The maximum Gasteiger partial charge on any atom is 0.0483 e. The van der Waals surface area contributed by atoms with Crippen molar-refractivity contribution < 1.29 is 0 Å². The Bertz CT molecular complexity index is 537. The summed E-state index contributed by atoms with van der Waals surface area (Å²) >= 11 is 0. The fourth-order valence-corrected chi connectivity index (χ4v) is 2.71. The fraction of sp³-hybridized carbons (Fsp3) is 0.529. The van der Waals surface area contributed by atoms with Gasteiger partial charge in [0.15, 0.2) is 0 Å². The number of hydrogen-bond donors (Lipinski definition) is 1. The van der Waals surface area contributed by atoms with E-state index >= 15 is 0 Å². The molecule has 1 saturated carbocycles. The minimum Gasteiger partial charge on any atom is -0.347 e. The molecule has 19 heavy (non-hydrogen) atoms. The van der Waals surface area contributed by atoms with Crippen molar-refractivity contribution in [3.63, 3.8) is 0 Å². The van der Waals surface area contributed by atoms with Gasteiger partial charge in [-0.1, -0.05) is 31.9 Å². The van der Waals surface area contributed by atoms with Crippen LogP contribution in [0.15, 0.2) is 30.5 Å². The molecule has 0 aliphatic heterocycles. The van der Waals surface area contributed by atoms with Gasteiger partial charge in [-0.3, -0.25) is 0 Å². The number of rotatable bonds is 7. The zero-order valence-corrected chi connectivity index (χ0v) is 11.9. The number of fused-ring (bicyclic) bond motifs is 1. The first-order valence-corrected chi connectivity index (χ1v) is 7.68. The van der Waals surface area contributed by atoms with Crippen LogP contribution in [0.2, 0.25) is 0 Å². The number of aromatic nitrogens is 1. The van der Waals surface area contributed by atoms with Gasteiger partial charge in [-0.15, -0.1) is 0 Å². The van der Waals surface area contributed by atoms with Crippen molar-refractivity contribution in [2.75, 3.05) is 0 Å². The van der Waals surface area contributed by atoms with E-state index in [1.807, 2.05) is 0 Å². The molecule has 2 heteroatoms. The van der Waals surface area contributed by atoms with Crippen molar-refractivity contribution in [1.82, 2.24) is 9.88 Å². The van der Waals surface area contributed by atoms with Crippen LogP contribution >= 0.6 is 0 Å². The molecule has 0 bridgehead atoms. The van der Waals surface area contributed by atoms with Gasteiger partial charge in [-0.2, -0.15) is 0 Å². The largest absolute Gasteiger partial charge is 0.347 e. The van der Waals surface area contributed by atoms with Gasteiger partial charge in [0.1, 0.15) is 0 Å². The standard InChI is InChI=1S/C17H24N2/c1-2-3-4-11-19-12-10-16-14(6-5-7-17(16)19)13-18-15-8-9-15/h5-7,10,12,15,18H,2-4,8-9,11,13H2,1H3. The highest BCUT2D eigenvalue weighted by atomic mass is 15.0. The lowest BCUT2D eigenvalue weighted by molar-refractivity contribution is 0.616. The molecule has 2 nitrogen and oxygen atoms in total. The molecule has 1 aliphatic rings. The number of hydrogen-bond acceptors (Lipinski definition) is 1. The van der Waals surface area contributed by atoms with Gasteiger partial charge in [-0.05, 0) is 37.0 Å². The molecule has 1 N–H and O–H groups in total. The molecule has 1 aromatic heterocycles. The number of aryl methyl sites for hydroxylation is 1. The Hall–Kier alpha value is -1.28. The van der Waals surface area contributed by atoms with Crippen molar-refractivity contribution in [1.29, 1.82) is 0 Å². The maximum absolute atomic E-state index is 3.62. The second-order valence-corrected chi connectivity index (χ2v) is 5.72. The van der Waals surface area contributed by atoms with Crippen molar-refractivity contribution >= 4 is 10.9 Å². The Labute approximate surface area is 115 Å². The molecule has 102 valence electrons. The molecule has 1 aromatic carbocycles. The first-order valence-electron chi connectivity index (χ1n) is 7.68. The summed E-state index contributed by atoms with van der Waals surface area (Å²) in [5.74, 6) is 0. The lowest BCUT2D eigenvalue weighted by Gasteiger charge is -2.08. The first-order chi connectivity index (χ1) is 9.38. The summed E-state index contributed by atoms with van der Waals surface area (Å²) in [6.45, 7) is 4.42. The smallest absolute Gasteiger partial charge is 0.0483 e. The average Bonchev–Trinajstić information content (AvgIpc) is 3.17. The lowest BCUT2D eigenvalue weighted by atomic mass is 10.1. The van der Waals surface area contributed by atoms with Crippen LogP contribution < -0.4 is 5.32 Å². The normalized spacial score (nSPS) is 15.2. The molecule has 0 atom stereocenters. The third-order valence-electron chi connectivity index (χ3n) is 4.07. The SMILES string of the molecule is CCCCCn1ccc2c(CNC3CC3)cccc21. The zero-order chi connectivity index (χ0) is 13.1. The van der Waals surface area contributed by atoms with Gasteiger partial charge in [-0.25, -0.2) is 0 Å². The molecule has 0 radical (unpaired) electrons. The quantitative estimate of drug-likeness (QED) is 0.738. The lowest BCUT2D eigenvalue weighted by Crippen LogP contribution is -2.15. The van der Waals surface area contributed by atoms with E-state index in [4.69, 9.17) is 0 Å². The van der Waals surface area contributed by atoms with E-state index in [1.54, 1.807) is 0 Å². The summed E-state index contributed by atoms with van der Waals surface area (Å²) in [7, 11) is 0. The topological polar surface area (TPSA) is 17.0 Å². The molecule has 1 fully saturated rings. The fourth-order valence-electron chi connectivity index (χ4n) is 2.71. The van der Waals surface area contributed by atoms with Gasteiger partial charge >= 0.3 is 0 Å². The summed E-state index contributed by atoms with van der Waals surface area (Å²) in [6.07, 6.45) is 8.85. The van der Waals surface area contributed by atoms with Crippen molar-refractivity contribution in [3.05, 3.63) is 36.0 Å². The minimum atomic E-state index is 0.780. The molecular weight excluding hydrogens is 232 g/mol. The van der Waals surface area contributed by atoms with Crippen LogP contribution in [0.25, 0.3) is 10.9 Å². The van der Waals surface area contributed by atoms with E-state index in [9.17, 15) is 0 Å². The molecule has 2 aromatic rings. The predicted octanol–water partition coefficient (Wildman–Crippen LogP) is 4.08. The molecule has 0 unspecified atom stereocenters. The average molecular weight is 256 g/mol. The number of nitrogens with one attached hydrogen (secondary N) is 1. The predicted molar refractivity (Wildman–Crippen MR) is 81.3 cm³/mol. The van der Waals surface area contributed by atoms with E-state index in [0.29, 0.717) is 0 Å². The van der Waals surface area contributed by atoms with E-state index in [0.717, 1.165) is 19.1 Å². The number of nitrogens with zero attached hydrogens (tertiary/aromatic N) is 1. The molecule has 3 rings (SSSR count). The summed E-state index contributed by atoms with van der Waals surface area (Å²) in [5, 5.41) is 5.04. The highest BCUT2D eigenvalue weighted by molar-refractivity contribution is 5.83. The van der Waals surface area contributed by atoms with Crippen LogP contribution in [-0.4, -0.2) is 10.6 Å². The van der Waals surface area contributed by atoms with E-state index < -0.39 is 0 Å². The summed E-state index contributed by atoms with van der Waals surface area (Å²) < 4.78 is 2.41. The van der Waals surface area contributed by atoms with E-state index in [1.165, 1.54) is 48.6 Å². The van der Waals surface area contributed by atoms with Crippen LogP contribution in [0.1, 0.15) is 44.6 Å². The van der Waals surface area contributed by atoms with E-state index in [-0.39, 0.29) is 0 Å². The van der Waals surface area contributed by atoms with Crippen LogP contribution in [0.4, 0.5) is 0 Å². The van der Waals surface area contributed by atoms with Gasteiger partial charge < -0.3 is 9.88 Å². The van der Waals surface area contributed by atoms with Gasteiger partial charge in [0.25, 0.3) is 0 Å². The zero-order valence-electron chi connectivity index (χ0n) is 11.9. The minimum absolute atomic E-state index is 0.780. The van der Waals surface area contributed by atoms with Crippen LogP contribution in [0.3, 0.4) is 0 Å². The number of benzene rings is 1. The Morgan fingerprint density at radius 1 is 1.21 bits per heavy atom. The molecule has 1 aliphatic carbocycles. The molecular formula is C17H24N2. The van der Waals surface area contributed by atoms with Crippen LogP contribution in [0, 0.1) is 0 Å². The van der Waals surface area contributed by atoms with E-state index in [2.05, 4.69) is 47.3 Å². The monoisotopic (exact) mass is 256 g/mol. The highest BCUT2D eigenvalue weighted by Gasteiger charge is 2.20. The van der Waals surface area contributed by atoms with Crippen LogP contribution in [0.5, 0.6) is 0 Å². The van der Waals surface area contributed by atoms with Crippen molar-refractivity contribution in [2.24, 2.45) is 0 Å². The van der Waals surface area contributed by atoms with Gasteiger partial charge in [0.05, 0.1) is 0 Å². The molecule has 0 amide bonds. The highest BCUT2D eigenvalue weighted by Crippen LogP contribution is 2.23. The maximum atomic E-state index is 3.62. The van der Waals surface area contributed by atoms with Gasteiger partial charge in [0, 0.05) is 36.2 Å². The van der Waals surface area contributed by atoms with Crippen molar-refractivity contribution in [3.8, 4) is 0 Å². The van der Waals surface area contributed by atoms with Crippen molar-refractivity contribution in [2.45, 2.75) is 58.2 Å². The summed E-state index contributed by atoms with van der Waals surface area (Å²) in [4.78, 5) is 0. The van der Waals surface area contributed by atoms with Crippen LogP contribution in [-0.2, 0) is 13.1 Å². The van der Waals surface area contributed by atoms with Gasteiger partial charge in [0.2, 0.25) is 0 Å². The Morgan fingerprint density at radius 2 is 2.11 bits per heavy atom. The third-order valence-corrected chi connectivity index (χ3v) is 4.07. The molecule has 1 heterocycles. The Balaban J connectivity index is 1.76. The number of unbranched alkanes of at least 4 members (excludes halogenated alkanes) is 2. The first kappa shape index (κ1) is 12.7. The Morgan fingerprint density at radius 3 is 2.89 bits per heavy atom. The second-order valence-electron chi connectivity index (χ2n) is 5.72. The molecule has 0 saturated heterocycles. The summed E-state index contributed by atoms with van der Waals surface area (Å²) in [6, 6.07) is 9.77. The third kappa shape index (κ3) is 3.01. The second kappa shape index (κ2) is 5.79. The Kier molecular flexibility index (Phi) is 3.88.